The summed E-state index contributed by atoms with van der Waals surface area (Å²) in [6.45, 7) is 4.05. The second-order valence-corrected chi connectivity index (χ2v) is 6.85. The molecule has 1 amide bonds. The molecule has 0 spiro atoms. The standard InChI is InChI=1S/C21H33NO3/c1-2-3-4-5-11-16-22(21(23)25-20-14-9-10-15-20)17-18-24-19-12-7-6-8-13-19/h6-8,12-13,20H,2-5,9-11,14-18H2,1H3. The van der Waals surface area contributed by atoms with Crippen molar-refractivity contribution in [3.63, 3.8) is 0 Å². The number of hydrogen-bond acceptors (Lipinski definition) is 3. The lowest BCUT2D eigenvalue weighted by molar-refractivity contribution is 0.0609. The molecule has 1 aromatic carbocycles. The fourth-order valence-electron chi connectivity index (χ4n) is 3.21. The molecule has 1 saturated carbocycles. The van der Waals surface area contributed by atoms with Crippen molar-refractivity contribution < 1.29 is 14.3 Å². The molecule has 0 aromatic heterocycles. The van der Waals surface area contributed by atoms with Crippen molar-refractivity contribution in [2.24, 2.45) is 0 Å². The van der Waals surface area contributed by atoms with Gasteiger partial charge in [0.15, 0.2) is 0 Å². The Bertz CT molecular complexity index is 471. The molecule has 0 radical (unpaired) electrons. The highest BCUT2D eigenvalue weighted by atomic mass is 16.6. The summed E-state index contributed by atoms with van der Waals surface area (Å²) in [5, 5.41) is 0. The monoisotopic (exact) mass is 347 g/mol. The summed E-state index contributed by atoms with van der Waals surface area (Å²) >= 11 is 0. The van der Waals surface area contributed by atoms with Gasteiger partial charge in [0.2, 0.25) is 0 Å². The van der Waals surface area contributed by atoms with Gasteiger partial charge in [-0.25, -0.2) is 4.79 Å². The maximum atomic E-state index is 12.5. The molecule has 1 aliphatic rings. The molecule has 0 atom stereocenters. The Balaban J connectivity index is 1.76. The molecule has 1 aliphatic carbocycles. The number of hydrogen-bond donors (Lipinski definition) is 0. The number of unbranched alkanes of at least 4 members (excludes halogenated alkanes) is 4. The van der Waals surface area contributed by atoms with Crippen molar-refractivity contribution >= 4 is 6.09 Å². The first kappa shape index (κ1) is 19.6. The van der Waals surface area contributed by atoms with Crippen molar-refractivity contribution in [2.75, 3.05) is 19.7 Å². The number of amides is 1. The Labute approximate surface area is 152 Å². The molecule has 0 bridgehead atoms. The van der Waals surface area contributed by atoms with Crippen molar-refractivity contribution in [1.82, 2.24) is 4.90 Å². The van der Waals surface area contributed by atoms with Crippen molar-refractivity contribution in [3.8, 4) is 5.75 Å². The van der Waals surface area contributed by atoms with Crippen LogP contribution in [0, 0.1) is 0 Å². The third-order valence-corrected chi connectivity index (χ3v) is 4.73. The summed E-state index contributed by atoms with van der Waals surface area (Å²) in [6, 6.07) is 9.75. The van der Waals surface area contributed by atoms with Crippen LogP contribution in [-0.4, -0.2) is 36.8 Å². The van der Waals surface area contributed by atoms with Gasteiger partial charge >= 0.3 is 6.09 Å². The number of carbonyl (C=O) groups is 1. The molecule has 140 valence electrons. The zero-order valence-electron chi connectivity index (χ0n) is 15.6. The van der Waals surface area contributed by atoms with E-state index in [-0.39, 0.29) is 12.2 Å². The van der Waals surface area contributed by atoms with E-state index in [0.29, 0.717) is 13.2 Å². The van der Waals surface area contributed by atoms with E-state index in [1.807, 2.05) is 35.2 Å². The van der Waals surface area contributed by atoms with Crippen LogP contribution in [0.4, 0.5) is 4.79 Å². The number of carbonyl (C=O) groups excluding carboxylic acids is 1. The van der Waals surface area contributed by atoms with E-state index in [0.717, 1.165) is 31.6 Å². The first-order chi connectivity index (χ1) is 12.3. The third kappa shape index (κ3) is 7.80. The van der Waals surface area contributed by atoms with Gasteiger partial charge in [-0.15, -0.1) is 0 Å². The fourth-order valence-corrected chi connectivity index (χ4v) is 3.21. The minimum Gasteiger partial charge on any atom is -0.492 e. The highest BCUT2D eigenvalue weighted by molar-refractivity contribution is 5.67. The fraction of sp³-hybridized carbons (Fsp3) is 0.667. The molecular formula is C21H33NO3. The molecule has 1 fully saturated rings. The largest absolute Gasteiger partial charge is 0.492 e. The van der Waals surface area contributed by atoms with Crippen molar-refractivity contribution in [3.05, 3.63) is 30.3 Å². The first-order valence-electron chi connectivity index (χ1n) is 9.93. The van der Waals surface area contributed by atoms with E-state index in [2.05, 4.69) is 6.92 Å². The van der Waals surface area contributed by atoms with Gasteiger partial charge in [-0.2, -0.15) is 0 Å². The first-order valence-corrected chi connectivity index (χ1v) is 9.93. The van der Waals surface area contributed by atoms with Crippen LogP contribution < -0.4 is 4.74 Å². The number of benzene rings is 1. The highest BCUT2D eigenvalue weighted by Gasteiger charge is 2.22. The molecule has 0 saturated heterocycles. The van der Waals surface area contributed by atoms with E-state index < -0.39 is 0 Å². The van der Waals surface area contributed by atoms with E-state index in [4.69, 9.17) is 9.47 Å². The zero-order chi connectivity index (χ0) is 17.7. The lowest BCUT2D eigenvalue weighted by Crippen LogP contribution is -2.37. The molecule has 2 rings (SSSR count). The van der Waals surface area contributed by atoms with Crippen molar-refractivity contribution in [1.29, 1.82) is 0 Å². The predicted octanol–water partition coefficient (Wildman–Crippen LogP) is 5.42. The Hall–Kier alpha value is -1.71. The van der Waals surface area contributed by atoms with Crippen LogP contribution in [0.1, 0.15) is 64.7 Å². The highest BCUT2D eigenvalue weighted by Crippen LogP contribution is 2.22. The van der Waals surface area contributed by atoms with E-state index in [9.17, 15) is 4.79 Å². The van der Waals surface area contributed by atoms with Crippen LogP contribution >= 0.6 is 0 Å². The summed E-state index contributed by atoms with van der Waals surface area (Å²) in [5.41, 5.74) is 0. The van der Waals surface area contributed by atoms with Gasteiger partial charge in [0.25, 0.3) is 0 Å². The molecule has 4 heteroatoms. The molecule has 1 aromatic rings. The van der Waals surface area contributed by atoms with Crippen LogP contribution in [0.15, 0.2) is 30.3 Å². The number of nitrogens with zero attached hydrogens (tertiary/aromatic N) is 1. The normalized spacial score (nSPS) is 14.4. The predicted molar refractivity (Wildman–Crippen MR) is 101 cm³/mol. The SMILES string of the molecule is CCCCCCCN(CCOc1ccccc1)C(=O)OC1CCCC1. The molecule has 0 unspecified atom stereocenters. The molecular weight excluding hydrogens is 314 g/mol. The topological polar surface area (TPSA) is 38.8 Å². The van der Waals surface area contributed by atoms with E-state index in [1.54, 1.807) is 0 Å². The van der Waals surface area contributed by atoms with Gasteiger partial charge in [0.1, 0.15) is 18.5 Å². The summed E-state index contributed by atoms with van der Waals surface area (Å²) in [5.74, 6) is 0.842. The molecule has 4 nitrogen and oxygen atoms in total. The average molecular weight is 347 g/mol. The van der Waals surface area contributed by atoms with Gasteiger partial charge in [-0.3, -0.25) is 0 Å². The quantitative estimate of drug-likeness (QED) is 0.502. The van der Waals surface area contributed by atoms with Gasteiger partial charge < -0.3 is 14.4 Å². The lowest BCUT2D eigenvalue weighted by Gasteiger charge is -2.24. The van der Waals surface area contributed by atoms with Crippen molar-refractivity contribution in [2.45, 2.75) is 70.8 Å². The Kier molecular flexibility index (Phi) is 9.24. The Morgan fingerprint density at radius 3 is 2.48 bits per heavy atom. The maximum Gasteiger partial charge on any atom is 0.410 e. The minimum absolute atomic E-state index is 0.116. The van der Waals surface area contributed by atoms with Gasteiger partial charge in [-0.05, 0) is 44.2 Å². The third-order valence-electron chi connectivity index (χ3n) is 4.73. The molecule has 0 N–H and O–H groups in total. The Morgan fingerprint density at radius 1 is 1.04 bits per heavy atom. The lowest BCUT2D eigenvalue weighted by atomic mass is 10.1. The van der Waals surface area contributed by atoms with E-state index >= 15 is 0 Å². The van der Waals surface area contributed by atoms with E-state index in [1.165, 1.54) is 38.5 Å². The number of ether oxygens (including phenoxy) is 2. The number of para-hydroxylation sites is 1. The van der Waals surface area contributed by atoms with Crippen LogP contribution in [0.25, 0.3) is 0 Å². The second-order valence-electron chi connectivity index (χ2n) is 6.85. The van der Waals surface area contributed by atoms with Gasteiger partial charge in [0, 0.05) is 6.54 Å². The van der Waals surface area contributed by atoms with Gasteiger partial charge in [0.05, 0.1) is 6.54 Å². The van der Waals surface area contributed by atoms with Gasteiger partial charge in [-0.1, -0.05) is 50.8 Å². The molecule has 0 heterocycles. The summed E-state index contributed by atoms with van der Waals surface area (Å²) in [7, 11) is 0. The zero-order valence-corrected chi connectivity index (χ0v) is 15.6. The number of rotatable bonds is 11. The smallest absolute Gasteiger partial charge is 0.410 e. The molecule has 25 heavy (non-hydrogen) atoms. The maximum absolute atomic E-state index is 12.5. The van der Waals surface area contributed by atoms with Crippen LogP contribution in [0.2, 0.25) is 0 Å². The van der Waals surface area contributed by atoms with Crippen LogP contribution in [0.3, 0.4) is 0 Å². The summed E-state index contributed by atoms with van der Waals surface area (Å²) in [6.07, 6.45) is 10.3. The minimum atomic E-state index is -0.168. The van der Waals surface area contributed by atoms with Crippen LogP contribution in [-0.2, 0) is 4.74 Å². The average Bonchev–Trinajstić information content (AvgIpc) is 3.14. The summed E-state index contributed by atoms with van der Waals surface area (Å²) in [4.78, 5) is 14.3. The Morgan fingerprint density at radius 2 is 1.76 bits per heavy atom. The second kappa shape index (κ2) is 11.8. The van der Waals surface area contributed by atoms with Crippen LogP contribution in [0.5, 0.6) is 5.75 Å². The molecule has 0 aliphatic heterocycles. The summed E-state index contributed by atoms with van der Waals surface area (Å²) < 4.78 is 11.4.